The minimum atomic E-state index is -1.32. The predicted octanol–water partition coefficient (Wildman–Crippen LogP) is 0.758. The maximum Gasteiger partial charge on any atom is 0.254 e. The number of nitrogens with zero attached hydrogens (tertiary/aromatic N) is 1. The largest absolute Gasteiger partial charge is 0.353 e. The number of hydrogen-bond acceptors (Lipinski definition) is 3. The van der Waals surface area contributed by atoms with Crippen LogP contribution in [-0.2, 0) is 4.79 Å². The number of amides is 2. The second-order valence-corrected chi connectivity index (χ2v) is 4.31. The number of hydrogen-bond donors (Lipinski definition) is 2. The number of aromatic nitrogens is 1. The second-order valence-electron chi connectivity index (χ2n) is 4.31. The molecule has 7 heteroatoms. The first-order valence-electron chi connectivity index (χ1n) is 5.95. The van der Waals surface area contributed by atoms with E-state index >= 15 is 0 Å². The maximum atomic E-state index is 13.2. The zero-order valence-corrected chi connectivity index (χ0v) is 10.1. The fourth-order valence-electron chi connectivity index (χ4n) is 1.51. The van der Waals surface area contributed by atoms with Crippen molar-refractivity contribution in [1.29, 1.82) is 0 Å². The van der Waals surface area contributed by atoms with Crippen LogP contribution >= 0.6 is 0 Å². The third kappa shape index (κ3) is 3.70. The lowest BCUT2D eigenvalue weighted by molar-refractivity contribution is -0.121. The predicted molar refractivity (Wildman–Crippen MR) is 62.3 cm³/mol. The molecule has 1 aliphatic carbocycles. The summed E-state index contributed by atoms with van der Waals surface area (Å²) in [4.78, 5) is 26.0. The Labute approximate surface area is 108 Å². The van der Waals surface area contributed by atoms with Crippen molar-refractivity contribution in [2.24, 2.45) is 0 Å². The third-order valence-corrected chi connectivity index (χ3v) is 2.67. The van der Waals surface area contributed by atoms with Crippen molar-refractivity contribution in [3.63, 3.8) is 0 Å². The number of rotatable bonds is 5. The topological polar surface area (TPSA) is 71.1 Å². The molecule has 0 bridgehead atoms. The van der Waals surface area contributed by atoms with Crippen molar-refractivity contribution in [3.8, 4) is 0 Å². The molecule has 0 radical (unpaired) electrons. The average molecular weight is 269 g/mol. The van der Waals surface area contributed by atoms with Gasteiger partial charge in [0.05, 0.1) is 5.56 Å². The average Bonchev–Trinajstić information content (AvgIpc) is 3.16. The van der Waals surface area contributed by atoms with Crippen LogP contribution in [0.1, 0.15) is 29.6 Å². The molecule has 2 N–H and O–H groups in total. The zero-order chi connectivity index (χ0) is 13.8. The third-order valence-electron chi connectivity index (χ3n) is 2.67. The Morgan fingerprint density at radius 3 is 2.79 bits per heavy atom. The molecule has 0 atom stereocenters. The van der Waals surface area contributed by atoms with E-state index in [1.54, 1.807) is 0 Å². The Morgan fingerprint density at radius 1 is 1.37 bits per heavy atom. The molecule has 1 aromatic rings. The van der Waals surface area contributed by atoms with Crippen molar-refractivity contribution >= 4 is 11.8 Å². The molecule has 2 amide bonds. The fraction of sp³-hybridized carbons (Fsp3) is 0.417. The van der Waals surface area contributed by atoms with Gasteiger partial charge in [0.2, 0.25) is 11.9 Å². The maximum absolute atomic E-state index is 13.2. The van der Waals surface area contributed by atoms with Crippen LogP contribution in [0.4, 0.5) is 8.78 Å². The molecule has 5 nitrogen and oxygen atoms in total. The van der Waals surface area contributed by atoms with Gasteiger partial charge in [-0.15, -0.1) is 0 Å². The summed E-state index contributed by atoms with van der Waals surface area (Å²) in [5, 5.41) is 5.11. The van der Waals surface area contributed by atoms with Gasteiger partial charge in [0.15, 0.2) is 5.82 Å². The second kappa shape index (κ2) is 5.73. The quantitative estimate of drug-likeness (QED) is 0.775. The molecule has 0 saturated heterocycles. The summed E-state index contributed by atoms with van der Waals surface area (Å²) in [6.45, 7) is 0.0702. The van der Waals surface area contributed by atoms with Crippen LogP contribution in [0.25, 0.3) is 0 Å². The SMILES string of the molecule is O=C(CCNC(=O)c1ccnc(F)c1F)NC1CC1. The Balaban J connectivity index is 1.80. The lowest BCUT2D eigenvalue weighted by Crippen LogP contribution is -2.32. The summed E-state index contributed by atoms with van der Waals surface area (Å²) >= 11 is 0. The van der Waals surface area contributed by atoms with Crippen molar-refractivity contribution in [1.82, 2.24) is 15.6 Å². The number of carbonyl (C=O) groups is 2. The highest BCUT2D eigenvalue weighted by molar-refractivity contribution is 5.94. The van der Waals surface area contributed by atoms with Gasteiger partial charge in [-0.05, 0) is 18.9 Å². The summed E-state index contributed by atoms with van der Waals surface area (Å²) in [7, 11) is 0. The van der Waals surface area contributed by atoms with E-state index < -0.39 is 23.2 Å². The van der Waals surface area contributed by atoms with E-state index in [0.29, 0.717) is 0 Å². The Morgan fingerprint density at radius 2 is 2.11 bits per heavy atom. The van der Waals surface area contributed by atoms with E-state index in [9.17, 15) is 18.4 Å². The number of nitrogens with one attached hydrogen (secondary N) is 2. The van der Waals surface area contributed by atoms with E-state index in [-0.39, 0.29) is 24.9 Å². The zero-order valence-electron chi connectivity index (χ0n) is 10.1. The van der Waals surface area contributed by atoms with Crippen molar-refractivity contribution in [2.75, 3.05) is 6.54 Å². The number of carbonyl (C=O) groups excluding carboxylic acids is 2. The molecule has 0 unspecified atom stereocenters. The minimum absolute atomic E-state index is 0.0702. The smallest absolute Gasteiger partial charge is 0.254 e. The first-order valence-corrected chi connectivity index (χ1v) is 5.95. The van der Waals surface area contributed by atoms with E-state index in [2.05, 4.69) is 15.6 Å². The minimum Gasteiger partial charge on any atom is -0.353 e. The van der Waals surface area contributed by atoms with Crippen LogP contribution in [0.2, 0.25) is 0 Å². The highest BCUT2D eigenvalue weighted by atomic mass is 19.2. The van der Waals surface area contributed by atoms with E-state index in [1.807, 2.05) is 0 Å². The fourth-order valence-corrected chi connectivity index (χ4v) is 1.51. The summed E-state index contributed by atoms with van der Waals surface area (Å²) in [5.41, 5.74) is -0.421. The van der Waals surface area contributed by atoms with Gasteiger partial charge in [0.25, 0.3) is 5.91 Å². The van der Waals surface area contributed by atoms with Crippen LogP contribution in [0.3, 0.4) is 0 Å². The molecule has 2 rings (SSSR count). The van der Waals surface area contributed by atoms with Gasteiger partial charge in [-0.25, -0.2) is 9.37 Å². The van der Waals surface area contributed by atoms with Crippen LogP contribution < -0.4 is 10.6 Å². The highest BCUT2D eigenvalue weighted by Gasteiger charge is 2.23. The van der Waals surface area contributed by atoms with E-state index in [1.165, 1.54) is 0 Å². The molecule has 1 aliphatic rings. The van der Waals surface area contributed by atoms with Crippen LogP contribution in [-0.4, -0.2) is 29.4 Å². The van der Waals surface area contributed by atoms with E-state index in [0.717, 1.165) is 25.1 Å². The van der Waals surface area contributed by atoms with Crippen molar-refractivity contribution in [2.45, 2.75) is 25.3 Å². The molecular formula is C12H13F2N3O2. The summed E-state index contributed by atoms with van der Waals surface area (Å²) in [6, 6.07) is 1.34. The highest BCUT2D eigenvalue weighted by Crippen LogP contribution is 2.18. The first-order chi connectivity index (χ1) is 9.08. The van der Waals surface area contributed by atoms with Gasteiger partial charge in [-0.2, -0.15) is 4.39 Å². The Hall–Kier alpha value is -2.05. The molecule has 0 aliphatic heterocycles. The van der Waals surface area contributed by atoms with Gasteiger partial charge in [-0.3, -0.25) is 9.59 Å². The van der Waals surface area contributed by atoms with E-state index in [4.69, 9.17) is 0 Å². The summed E-state index contributed by atoms with van der Waals surface area (Å²) in [6.07, 6.45) is 3.09. The molecule has 19 heavy (non-hydrogen) atoms. The normalized spacial score (nSPS) is 14.0. The first kappa shape index (κ1) is 13.4. The standard InChI is InChI=1S/C12H13F2N3O2/c13-10-8(3-5-15-11(10)14)12(19)16-6-4-9(18)17-7-1-2-7/h3,5,7H,1-2,4,6H2,(H,16,19)(H,17,18). The molecule has 102 valence electrons. The molecule has 0 spiro atoms. The lowest BCUT2D eigenvalue weighted by Gasteiger charge is -2.06. The molecule has 1 heterocycles. The Kier molecular flexibility index (Phi) is 4.03. The molecule has 1 fully saturated rings. The molecule has 1 saturated carbocycles. The number of pyridine rings is 1. The molecule has 0 aromatic carbocycles. The lowest BCUT2D eigenvalue weighted by atomic mass is 10.2. The van der Waals surface area contributed by atoms with Gasteiger partial charge >= 0.3 is 0 Å². The van der Waals surface area contributed by atoms with Gasteiger partial charge in [0.1, 0.15) is 0 Å². The Bertz CT molecular complexity index is 504. The van der Waals surface area contributed by atoms with Crippen molar-refractivity contribution in [3.05, 3.63) is 29.6 Å². The monoisotopic (exact) mass is 269 g/mol. The summed E-state index contributed by atoms with van der Waals surface area (Å²) < 4.78 is 26.1. The van der Waals surface area contributed by atoms with Gasteiger partial charge in [0, 0.05) is 25.2 Å². The van der Waals surface area contributed by atoms with Crippen molar-refractivity contribution < 1.29 is 18.4 Å². The summed E-state index contributed by atoms with van der Waals surface area (Å²) in [5.74, 6) is -3.54. The molecule has 1 aromatic heterocycles. The van der Waals surface area contributed by atoms with Crippen LogP contribution in [0.5, 0.6) is 0 Å². The van der Waals surface area contributed by atoms with Crippen LogP contribution in [0, 0.1) is 11.8 Å². The molecular weight excluding hydrogens is 256 g/mol. The van der Waals surface area contributed by atoms with Gasteiger partial charge < -0.3 is 10.6 Å². The van der Waals surface area contributed by atoms with Crippen LogP contribution in [0.15, 0.2) is 12.3 Å². The van der Waals surface area contributed by atoms with Gasteiger partial charge in [-0.1, -0.05) is 0 Å². The number of halogens is 2.